The maximum absolute atomic E-state index is 14.7. The molecule has 0 aromatic heterocycles. The van der Waals surface area contributed by atoms with E-state index in [4.69, 9.17) is 35.3 Å². The van der Waals surface area contributed by atoms with Crippen molar-refractivity contribution in [2.45, 2.75) is 70.1 Å². The molecule has 8 heteroatoms. The van der Waals surface area contributed by atoms with Gasteiger partial charge in [-0.25, -0.2) is 4.39 Å². The van der Waals surface area contributed by atoms with Crippen LogP contribution >= 0.6 is 11.6 Å². The maximum Gasteiger partial charge on any atom is 0.225 e. The van der Waals surface area contributed by atoms with Crippen LogP contribution in [0.5, 0.6) is 5.75 Å². The summed E-state index contributed by atoms with van der Waals surface area (Å²) in [6, 6.07) is 30.4. The third-order valence-corrected chi connectivity index (χ3v) is 9.56. The summed E-state index contributed by atoms with van der Waals surface area (Å²) in [5.74, 6) is -1.92. The molecule has 4 aromatic carbocycles. The number of rotatable bonds is 12. The van der Waals surface area contributed by atoms with E-state index >= 15 is 0 Å². The largest absolute Gasteiger partial charge is 0.491 e. The van der Waals surface area contributed by atoms with Gasteiger partial charge in [0.15, 0.2) is 11.6 Å². The van der Waals surface area contributed by atoms with Crippen LogP contribution in [0.2, 0.25) is 5.02 Å². The van der Waals surface area contributed by atoms with Crippen LogP contribution in [-0.2, 0) is 44.4 Å². The Morgan fingerprint density at radius 1 is 0.913 bits per heavy atom. The Kier molecular flexibility index (Phi) is 9.80. The number of halogens is 2. The topological polar surface area (TPSA) is 66.4 Å². The molecule has 0 spiro atoms. The number of aliphatic hydroxyl groups is 1. The van der Waals surface area contributed by atoms with Crippen molar-refractivity contribution in [1.82, 2.24) is 0 Å². The van der Waals surface area contributed by atoms with E-state index in [1.165, 1.54) is 6.07 Å². The highest BCUT2D eigenvalue weighted by atomic mass is 35.5. The molecule has 1 N–H and O–H groups in total. The first kappa shape index (κ1) is 32.6. The molecule has 0 amide bonds. The lowest BCUT2D eigenvalue weighted by Gasteiger charge is -2.51. The van der Waals surface area contributed by atoms with Gasteiger partial charge < -0.3 is 28.8 Å². The molecule has 2 heterocycles. The van der Waals surface area contributed by atoms with E-state index in [0.717, 1.165) is 22.3 Å². The first-order valence-corrected chi connectivity index (χ1v) is 16.2. The zero-order chi connectivity index (χ0) is 32.3. The van der Waals surface area contributed by atoms with Crippen LogP contribution in [0.15, 0.2) is 97.1 Å². The Morgan fingerprint density at radius 2 is 1.59 bits per heavy atom. The van der Waals surface area contributed by atoms with Crippen molar-refractivity contribution in [3.8, 4) is 5.75 Å². The van der Waals surface area contributed by atoms with E-state index < -0.39 is 35.5 Å². The van der Waals surface area contributed by atoms with Crippen molar-refractivity contribution in [2.75, 3.05) is 13.2 Å². The van der Waals surface area contributed by atoms with Gasteiger partial charge in [0.05, 0.1) is 38.6 Å². The molecule has 0 saturated carbocycles. The summed E-state index contributed by atoms with van der Waals surface area (Å²) in [6.07, 6.45) is -1.71. The molecule has 2 saturated heterocycles. The van der Waals surface area contributed by atoms with E-state index in [1.807, 2.05) is 92.7 Å². The van der Waals surface area contributed by atoms with Crippen molar-refractivity contribution in [2.24, 2.45) is 5.92 Å². The van der Waals surface area contributed by atoms with Gasteiger partial charge in [0.25, 0.3) is 0 Å². The highest BCUT2D eigenvalue weighted by molar-refractivity contribution is 6.31. The smallest absolute Gasteiger partial charge is 0.225 e. The normalized spacial score (nSPS) is 26.2. The van der Waals surface area contributed by atoms with Crippen LogP contribution in [0.1, 0.15) is 48.6 Å². The average molecular weight is 647 g/mol. The summed E-state index contributed by atoms with van der Waals surface area (Å²) in [4.78, 5) is 0. The van der Waals surface area contributed by atoms with Crippen molar-refractivity contribution in [1.29, 1.82) is 0 Å². The van der Waals surface area contributed by atoms with E-state index in [-0.39, 0.29) is 18.3 Å². The maximum atomic E-state index is 14.7. The molecule has 6 atom stereocenters. The Hall–Kier alpha value is -3.30. The Labute approximate surface area is 275 Å². The molecule has 242 valence electrons. The molecular formula is C38H40ClFO6. The average Bonchev–Trinajstić information content (AvgIpc) is 3.45. The minimum Gasteiger partial charge on any atom is -0.491 e. The molecule has 6 rings (SSSR count). The predicted molar refractivity (Wildman–Crippen MR) is 174 cm³/mol. The van der Waals surface area contributed by atoms with Gasteiger partial charge in [-0.15, -0.1) is 0 Å². The van der Waals surface area contributed by atoms with Gasteiger partial charge in [-0.2, -0.15) is 0 Å². The molecular weight excluding hydrogens is 607 g/mol. The first-order chi connectivity index (χ1) is 22.3. The van der Waals surface area contributed by atoms with Crippen LogP contribution < -0.4 is 4.74 Å². The number of hydrogen-bond acceptors (Lipinski definition) is 6. The Bertz CT molecular complexity index is 1620. The van der Waals surface area contributed by atoms with Crippen LogP contribution in [-0.4, -0.2) is 42.2 Å². The zero-order valence-corrected chi connectivity index (χ0v) is 27.1. The van der Waals surface area contributed by atoms with Gasteiger partial charge in [0, 0.05) is 16.5 Å². The van der Waals surface area contributed by atoms with Crippen LogP contribution in [0.25, 0.3) is 0 Å². The summed E-state index contributed by atoms with van der Waals surface area (Å²) in [6.45, 7) is 6.73. The summed E-state index contributed by atoms with van der Waals surface area (Å²) in [5, 5.41) is 11.7. The number of hydrogen-bond donors (Lipinski definition) is 1. The summed E-state index contributed by atoms with van der Waals surface area (Å²) in [7, 11) is 0. The molecule has 46 heavy (non-hydrogen) atoms. The minimum atomic E-state index is -1.41. The fourth-order valence-electron chi connectivity index (χ4n) is 6.61. The monoisotopic (exact) mass is 646 g/mol. The van der Waals surface area contributed by atoms with E-state index in [2.05, 4.69) is 0 Å². The highest BCUT2D eigenvalue weighted by Gasteiger charge is 2.69. The van der Waals surface area contributed by atoms with Crippen LogP contribution in [0, 0.1) is 11.7 Å². The standard InChI is InChI=1S/C38H40ClFO6/c1-4-42-34-18-15-29(20-33(34)40)19-30-21-31(16-17-32(30)39)38-36(44-23-28-13-9-6-10-14-28)35(43-22-27-11-7-5-8-12-27)25(2)37(46-38,24-45-38)26(3)41/h5-18,20-21,25-26,35-36,41H,4,19,22-24H2,1-3H3/t25-,26?,35-,36+,37-,38-/m0/s1. The zero-order valence-electron chi connectivity index (χ0n) is 26.3. The first-order valence-electron chi connectivity index (χ1n) is 15.8. The summed E-state index contributed by atoms with van der Waals surface area (Å²) in [5.41, 5.74) is 3.15. The fraction of sp³-hybridized carbons (Fsp3) is 0.368. The summed E-state index contributed by atoms with van der Waals surface area (Å²) >= 11 is 6.73. The third kappa shape index (κ3) is 6.33. The van der Waals surface area contributed by atoms with Crippen molar-refractivity contribution >= 4 is 11.6 Å². The van der Waals surface area contributed by atoms with Crippen molar-refractivity contribution in [3.63, 3.8) is 0 Å². The summed E-state index contributed by atoms with van der Waals surface area (Å²) < 4.78 is 47.2. The second-order valence-electron chi connectivity index (χ2n) is 12.1. The van der Waals surface area contributed by atoms with Crippen molar-refractivity contribution in [3.05, 3.63) is 136 Å². The fourth-order valence-corrected chi connectivity index (χ4v) is 6.80. The predicted octanol–water partition coefficient (Wildman–Crippen LogP) is 7.61. The number of fused-ring (bicyclic) bond motifs is 2. The number of benzene rings is 4. The lowest BCUT2D eigenvalue weighted by Crippen LogP contribution is -2.65. The van der Waals surface area contributed by atoms with Crippen molar-refractivity contribution < 1.29 is 33.2 Å². The van der Waals surface area contributed by atoms with Gasteiger partial charge in [-0.3, -0.25) is 0 Å². The number of aliphatic hydroxyl groups excluding tert-OH is 1. The lowest BCUT2D eigenvalue weighted by molar-refractivity contribution is -0.343. The van der Waals surface area contributed by atoms with Gasteiger partial charge >= 0.3 is 0 Å². The molecule has 4 aromatic rings. The molecule has 1 unspecified atom stereocenters. The molecule has 0 radical (unpaired) electrons. The van der Waals surface area contributed by atoms with E-state index in [1.54, 1.807) is 19.1 Å². The Balaban J connectivity index is 1.40. The second-order valence-corrected chi connectivity index (χ2v) is 12.5. The van der Waals surface area contributed by atoms with Gasteiger partial charge in [0.2, 0.25) is 5.79 Å². The molecule has 2 fully saturated rings. The quantitative estimate of drug-likeness (QED) is 0.171. The van der Waals surface area contributed by atoms with Gasteiger partial charge in [-0.1, -0.05) is 91.3 Å². The van der Waals surface area contributed by atoms with Crippen LogP contribution in [0.3, 0.4) is 0 Å². The molecule has 2 aliphatic heterocycles. The second kappa shape index (κ2) is 13.8. The Morgan fingerprint density at radius 3 is 2.22 bits per heavy atom. The molecule has 2 aliphatic rings. The molecule has 0 aliphatic carbocycles. The highest BCUT2D eigenvalue weighted by Crippen LogP contribution is 2.55. The van der Waals surface area contributed by atoms with E-state index in [9.17, 15) is 9.50 Å². The van der Waals surface area contributed by atoms with Crippen LogP contribution in [0.4, 0.5) is 4.39 Å². The molecule has 2 bridgehead atoms. The number of ether oxygens (including phenoxy) is 5. The van der Waals surface area contributed by atoms with Gasteiger partial charge in [0.1, 0.15) is 11.7 Å². The SMILES string of the molecule is CCOc1ccc(Cc2cc([C@]34OC[C@](C(C)O)(O3)[C@@H](C)[C@H](OCc3ccccc3)[C@H]4OCc3ccccc3)ccc2Cl)cc1F. The third-order valence-electron chi connectivity index (χ3n) is 9.19. The molecule has 6 nitrogen and oxygen atoms in total. The lowest BCUT2D eigenvalue weighted by atomic mass is 9.75. The van der Waals surface area contributed by atoms with E-state index in [0.29, 0.717) is 36.8 Å². The van der Waals surface area contributed by atoms with Gasteiger partial charge in [-0.05, 0) is 66.8 Å². The minimum absolute atomic E-state index is 0.143.